The van der Waals surface area contributed by atoms with Crippen molar-refractivity contribution in [2.45, 2.75) is 26.8 Å². The minimum Gasteiger partial charge on any atom is -0.361 e. The highest BCUT2D eigenvalue weighted by Crippen LogP contribution is 2.40. The van der Waals surface area contributed by atoms with E-state index in [1.54, 1.807) is 0 Å². The molecule has 0 unspecified atom stereocenters. The Kier molecular flexibility index (Phi) is 3.57. The zero-order chi connectivity index (χ0) is 14.2. The SMILES string of the molecule is CC(C)(C)[C@@H](c1c[nH]c2ccccc12)N1CCNCC1. The standard InChI is InChI=1S/C17H25N3/c1-17(2,3)16(20-10-8-18-9-11-20)14-12-19-15-7-5-4-6-13(14)15/h4-7,12,16,18-19H,8-11H2,1-3H3/t16-/m1/s1. The summed E-state index contributed by atoms with van der Waals surface area (Å²) < 4.78 is 0. The Bertz CT molecular complexity index is 573. The first-order valence-electron chi connectivity index (χ1n) is 7.58. The van der Waals surface area contributed by atoms with Crippen molar-refractivity contribution >= 4 is 10.9 Å². The van der Waals surface area contributed by atoms with Gasteiger partial charge in [-0.3, -0.25) is 4.90 Å². The van der Waals surface area contributed by atoms with Crippen LogP contribution in [-0.4, -0.2) is 36.1 Å². The van der Waals surface area contributed by atoms with Crippen LogP contribution in [0.15, 0.2) is 30.5 Å². The van der Waals surface area contributed by atoms with Crippen LogP contribution in [-0.2, 0) is 0 Å². The maximum absolute atomic E-state index is 3.45. The molecular weight excluding hydrogens is 246 g/mol. The minimum atomic E-state index is 0.225. The number of rotatable bonds is 2. The van der Waals surface area contributed by atoms with Gasteiger partial charge in [0.05, 0.1) is 0 Å². The van der Waals surface area contributed by atoms with Crippen LogP contribution in [0.3, 0.4) is 0 Å². The fraction of sp³-hybridized carbons (Fsp3) is 0.529. The molecular formula is C17H25N3. The van der Waals surface area contributed by atoms with Gasteiger partial charge in [0.15, 0.2) is 0 Å². The summed E-state index contributed by atoms with van der Waals surface area (Å²) in [7, 11) is 0. The van der Waals surface area contributed by atoms with E-state index in [1.165, 1.54) is 16.5 Å². The minimum absolute atomic E-state index is 0.225. The van der Waals surface area contributed by atoms with Crippen LogP contribution >= 0.6 is 0 Å². The lowest BCUT2D eigenvalue weighted by Crippen LogP contribution is -2.48. The van der Waals surface area contributed by atoms with E-state index in [9.17, 15) is 0 Å². The molecule has 1 aliphatic heterocycles. The van der Waals surface area contributed by atoms with Gasteiger partial charge in [0.2, 0.25) is 0 Å². The topological polar surface area (TPSA) is 31.1 Å². The van der Waals surface area contributed by atoms with Crippen molar-refractivity contribution in [2.24, 2.45) is 5.41 Å². The van der Waals surface area contributed by atoms with E-state index < -0.39 is 0 Å². The average molecular weight is 271 g/mol. The number of benzene rings is 1. The number of piperazine rings is 1. The van der Waals surface area contributed by atoms with Crippen LogP contribution in [0.25, 0.3) is 10.9 Å². The Labute approximate surface area is 121 Å². The molecule has 1 aromatic carbocycles. The summed E-state index contributed by atoms with van der Waals surface area (Å²) in [4.78, 5) is 6.07. The fourth-order valence-corrected chi connectivity index (χ4v) is 3.47. The molecule has 2 aromatic rings. The second-order valence-corrected chi connectivity index (χ2v) is 6.84. The van der Waals surface area contributed by atoms with Crippen molar-refractivity contribution < 1.29 is 0 Å². The van der Waals surface area contributed by atoms with Crippen LogP contribution < -0.4 is 5.32 Å². The Morgan fingerprint density at radius 3 is 2.50 bits per heavy atom. The molecule has 1 aromatic heterocycles. The Hall–Kier alpha value is -1.32. The number of aromatic amines is 1. The lowest BCUT2D eigenvalue weighted by atomic mass is 9.81. The molecule has 2 N–H and O–H groups in total. The lowest BCUT2D eigenvalue weighted by Gasteiger charge is -2.42. The van der Waals surface area contributed by atoms with E-state index in [4.69, 9.17) is 0 Å². The molecule has 108 valence electrons. The highest BCUT2D eigenvalue weighted by atomic mass is 15.2. The summed E-state index contributed by atoms with van der Waals surface area (Å²) >= 11 is 0. The summed E-state index contributed by atoms with van der Waals surface area (Å²) in [5, 5.41) is 4.82. The molecule has 1 atom stereocenters. The van der Waals surface area contributed by atoms with Crippen LogP contribution in [0.5, 0.6) is 0 Å². The molecule has 3 nitrogen and oxygen atoms in total. The van der Waals surface area contributed by atoms with Crippen molar-refractivity contribution in [3.05, 3.63) is 36.0 Å². The van der Waals surface area contributed by atoms with Gasteiger partial charge in [0.1, 0.15) is 0 Å². The van der Waals surface area contributed by atoms with E-state index >= 15 is 0 Å². The second kappa shape index (κ2) is 5.23. The average Bonchev–Trinajstić information content (AvgIpc) is 2.83. The van der Waals surface area contributed by atoms with Crippen LogP contribution in [0, 0.1) is 5.41 Å². The van der Waals surface area contributed by atoms with Crippen molar-refractivity contribution in [3.8, 4) is 0 Å². The third kappa shape index (κ3) is 2.48. The molecule has 3 heteroatoms. The summed E-state index contributed by atoms with van der Waals surface area (Å²) in [6.07, 6.45) is 2.21. The van der Waals surface area contributed by atoms with Crippen molar-refractivity contribution in [3.63, 3.8) is 0 Å². The number of aromatic nitrogens is 1. The molecule has 1 fully saturated rings. The largest absolute Gasteiger partial charge is 0.361 e. The molecule has 0 saturated carbocycles. The second-order valence-electron chi connectivity index (χ2n) is 6.84. The highest BCUT2D eigenvalue weighted by Gasteiger charge is 2.33. The lowest BCUT2D eigenvalue weighted by molar-refractivity contribution is 0.0872. The molecule has 0 amide bonds. The van der Waals surface area contributed by atoms with E-state index in [1.807, 2.05) is 0 Å². The summed E-state index contributed by atoms with van der Waals surface area (Å²) in [5.41, 5.74) is 2.91. The summed E-state index contributed by atoms with van der Waals surface area (Å²) in [6, 6.07) is 9.09. The Balaban J connectivity index is 2.04. The molecule has 0 bridgehead atoms. The third-order valence-electron chi connectivity index (χ3n) is 4.25. The molecule has 2 heterocycles. The van der Waals surface area contributed by atoms with Crippen molar-refractivity contribution in [1.82, 2.24) is 15.2 Å². The normalized spacial score (nSPS) is 19.4. The Morgan fingerprint density at radius 1 is 1.10 bits per heavy atom. The monoisotopic (exact) mass is 271 g/mol. The van der Waals surface area contributed by atoms with E-state index in [0.717, 1.165) is 26.2 Å². The first-order valence-corrected chi connectivity index (χ1v) is 7.58. The predicted molar refractivity (Wildman–Crippen MR) is 84.9 cm³/mol. The van der Waals surface area contributed by atoms with Gasteiger partial charge in [0.25, 0.3) is 0 Å². The summed E-state index contributed by atoms with van der Waals surface area (Å²) in [5.74, 6) is 0. The molecule has 20 heavy (non-hydrogen) atoms. The maximum Gasteiger partial charge on any atom is 0.0457 e. The Morgan fingerprint density at radius 2 is 1.80 bits per heavy atom. The molecule has 1 saturated heterocycles. The van der Waals surface area contributed by atoms with Gasteiger partial charge in [-0.05, 0) is 17.0 Å². The molecule has 1 aliphatic rings. The van der Waals surface area contributed by atoms with Crippen molar-refractivity contribution in [2.75, 3.05) is 26.2 Å². The number of nitrogens with zero attached hydrogens (tertiary/aromatic N) is 1. The quantitative estimate of drug-likeness (QED) is 0.879. The van der Waals surface area contributed by atoms with E-state index in [0.29, 0.717) is 6.04 Å². The number of nitrogens with one attached hydrogen (secondary N) is 2. The maximum atomic E-state index is 3.45. The van der Waals surface area contributed by atoms with Gasteiger partial charge in [-0.2, -0.15) is 0 Å². The first-order chi connectivity index (χ1) is 9.57. The highest BCUT2D eigenvalue weighted by molar-refractivity contribution is 5.83. The van der Waals surface area contributed by atoms with Gasteiger partial charge in [0, 0.05) is 49.3 Å². The van der Waals surface area contributed by atoms with Gasteiger partial charge in [-0.1, -0.05) is 39.0 Å². The van der Waals surface area contributed by atoms with Crippen molar-refractivity contribution in [1.29, 1.82) is 0 Å². The van der Waals surface area contributed by atoms with E-state index in [-0.39, 0.29) is 5.41 Å². The number of H-pyrrole nitrogens is 1. The molecule has 0 aliphatic carbocycles. The summed E-state index contributed by atoms with van der Waals surface area (Å²) in [6.45, 7) is 11.5. The third-order valence-corrected chi connectivity index (χ3v) is 4.25. The van der Waals surface area contributed by atoms with Crippen LogP contribution in [0.1, 0.15) is 32.4 Å². The first kappa shape index (κ1) is 13.7. The molecule has 0 radical (unpaired) electrons. The van der Waals surface area contributed by atoms with Crippen LogP contribution in [0.4, 0.5) is 0 Å². The number of hydrogen-bond acceptors (Lipinski definition) is 2. The van der Waals surface area contributed by atoms with Gasteiger partial charge < -0.3 is 10.3 Å². The van der Waals surface area contributed by atoms with E-state index in [2.05, 4.69) is 66.4 Å². The zero-order valence-electron chi connectivity index (χ0n) is 12.7. The van der Waals surface area contributed by atoms with Crippen LogP contribution in [0.2, 0.25) is 0 Å². The number of para-hydroxylation sites is 1. The smallest absolute Gasteiger partial charge is 0.0457 e. The predicted octanol–water partition coefficient (Wildman–Crippen LogP) is 3.16. The van der Waals surface area contributed by atoms with Gasteiger partial charge in [-0.15, -0.1) is 0 Å². The number of hydrogen-bond donors (Lipinski definition) is 2. The van der Waals surface area contributed by atoms with Gasteiger partial charge in [-0.25, -0.2) is 0 Å². The molecule has 3 rings (SSSR count). The zero-order valence-corrected chi connectivity index (χ0v) is 12.7. The fourth-order valence-electron chi connectivity index (χ4n) is 3.47. The van der Waals surface area contributed by atoms with Gasteiger partial charge >= 0.3 is 0 Å². The number of fused-ring (bicyclic) bond motifs is 1. The molecule has 0 spiro atoms.